The third-order valence-corrected chi connectivity index (χ3v) is 8.97. The van der Waals surface area contributed by atoms with E-state index < -0.39 is 8.32 Å². The molecule has 0 aromatic heterocycles. The molecule has 1 rings (SSSR count). The van der Waals surface area contributed by atoms with Crippen LogP contribution < -0.4 is 0 Å². The molecular weight excluding hydrogens is 252 g/mol. The van der Waals surface area contributed by atoms with Crippen molar-refractivity contribution >= 4 is 14.3 Å². The Balaban J connectivity index is 2.71. The minimum atomic E-state index is -2.06. The van der Waals surface area contributed by atoms with Gasteiger partial charge < -0.3 is 4.43 Å². The van der Waals surface area contributed by atoms with Crippen molar-refractivity contribution in [3.05, 3.63) is 35.9 Å². The van der Waals surface area contributed by atoms with Crippen LogP contribution in [0.15, 0.2) is 30.3 Å². The lowest BCUT2D eigenvalue weighted by atomic mass is 9.99. The molecule has 1 aromatic carbocycles. The molecule has 0 saturated heterocycles. The number of carbonyl (C=O) groups is 1. The summed E-state index contributed by atoms with van der Waals surface area (Å²) in [6, 6.07) is 9.77. The quantitative estimate of drug-likeness (QED) is 0.746. The lowest BCUT2D eigenvalue weighted by Crippen LogP contribution is -2.46. The van der Waals surface area contributed by atoms with Gasteiger partial charge in [-0.1, -0.05) is 58.0 Å². The maximum absolute atomic E-state index is 12.1. The van der Waals surface area contributed by atoms with E-state index in [1.54, 1.807) is 0 Å². The zero-order valence-corrected chi connectivity index (χ0v) is 14.0. The van der Waals surface area contributed by atoms with Crippen LogP contribution in [0.3, 0.4) is 0 Å². The van der Waals surface area contributed by atoms with Crippen molar-refractivity contribution in [2.45, 2.75) is 52.2 Å². The zero-order valence-electron chi connectivity index (χ0n) is 13.0. The fourth-order valence-electron chi connectivity index (χ4n) is 1.91. The summed E-state index contributed by atoms with van der Waals surface area (Å²) in [4.78, 5) is 12.1. The molecule has 106 valence electrons. The Hall–Kier alpha value is -1.09. The predicted octanol–water partition coefficient (Wildman–Crippen LogP) is 4.41. The minimum Gasteiger partial charge on any atom is -0.519 e. The van der Waals surface area contributed by atoms with Crippen molar-refractivity contribution in [3.8, 4) is 0 Å². The molecule has 0 heterocycles. The molecule has 0 bridgehead atoms. The highest BCUT2D eigenvalue weighted by Crippen LogP contribution is 2.44. The second kappa shape index (κ2) is 5.91. The highest BCUT2D eigenvalue weighted by Gasteiger charge is 2.45. The Bertz CT molecular complexity index is 422. The predicted molar refractivity (Wildman–Crippen MR) is 82.6 cm³/mol. The normalized spacial score (nSPS) is 12.6. The van der Waals surface area contributed by atoms with Crippen LogP contribution >= 0.6 is 0 Å². The Morgan fingerprint density at radius 3 is 2.21 bits per heavy atom. The Kier molecular flexibility index (Phi) is 4.96. The lowest BCUT2D eigenvalue weighted by Gasteiger charge is -2.41. The van der Waals surface area contributed by atoms with E-state index in [-0.39, 0.29) is 11.0 Å². The van der Waals surface area contributed by atoms with Crippen molar-refractivity contribution in [3.63, 3.8) is 0 Å². The first-order valence-corrected chi connectivity index (χ1v) is 9.83. The smallest absolute Gasteiger partial charge is 0.296 e. The van der Waals surface area contributed by atoms with Crippen LogP contribution in [0.4, 0.5) is 0 Å². The number of rotatable bonds is 5. The summed E-state index contributed by atoms with van der Waals surface area (Å²) in [5, 5.41) is 0.0688. The maximum atomic E-state index is 12.1. The molecule has 2 nitrogen and oxygen atoms in total. The van der Waals surface area contributed by atoms with Gasteiger partial charge in [0.1, 0.15) is 0 Å². The summed E-state index contributed by atoms with van der Waals surface area (Å²) >= 11 is 0. The van der Waals surface area contributed by atoms with Gasteiger partial charge in [0.15, 0.2) is 0 Å². The molecule has 0 N–H and O–H groups in total. The van der Waals surface area contributed by atoms with Gasteiger partial charge in [-0.05, 0) is 29.6 Å². The fraction of sp³-hybridized carbons (Fsp3) is 0.562. The van der Waals surface area contributed by atoms with E-state index in [2.05, 4.69) is 40.8 Å². The van der Waals surface area contributed by atoms with Gasteiger partial charge in [0.25, 0.3) is 14.3 Å². The number of benzene rings is 1. The summed E-state index contributed by atoms with van der Waals surface area (Å²) in [6.07, 6.45) is 0.367. The Morgan fingerprint density at radius 2 is 1.74 bits per heavy atom. The van der Waals surface area contributed by atoms with Crippen LogP contribution in [0.25, 0.3) is 0 Å². The van der Waals surface area contributed by atoms with E-state index in [0.29, 0.717) is 12.3 Å². The maximum Gasteiger partial charge on any atom is 0.296 e. The number of hydrogen-bond acceptors (Lipinski definition) is 2. The standard InChI is InChI=1S/C16H26O2Si/c1-13(2)16(3,4)19(5,6)18-15(17)12-14-10-8-7-9-11-14/h7-11,13H,12H2,1-6H3. The molecule has 0 amide bonds. The van der Waals surface area contributed by atoms with Crippen LogP contribution in [-0.4, -0.2) is 14.3 Å². The van der Waals surface area contributed by atoms with E-state index in [1.165, 1.54) is 0 Å². The van der Waals surface area contributed by atoms with Gasteiger partial charge in [0.2, 0.25) is 0 Å². The average Bonchev–Trinajstić information content (AvgIpc) is 2.28. The van der Waals surface area contributed by atoms with Crippen molar-refractivity contribution in [1.82, 2.24) is 0 Å². The van der Waals surface area contributed by atoms with E-state index in [9.17, 15) is 4.79 Å². The third-order valence-electron chi connectivity index (χ3n) is 4.56. The van der Waals surface area contributed by atoms with Crippen LogP contribution in [0, 0.1) is 5.92 Å². The molecule has 0 spiro atoms. The Morgan fingerprint density at radius 1 is 1.21 bits per heavy atom. The third kappa shape index (κ3) is 3.93. The average molecular weight is 278 g/mol. The molecule has 0 saturated carbocycles. The van der Waals surface area contributed by atoms with Gasteiger partial charge in [-0.2, -0.15) is 0 Å². The number of hydrogen-bond donors (Lipinski definition) is 0. The summed E-state index contributed by atoms with van der Waals surface area (Å²) < 4.78 is 5.87. The van der Waals surface area contributed by atoms with E-state index in [4.69, 9.17) is 4.43 Å². The second-order valence-corrected chi connectivity index (χ2v) is 11.0. The Labute approximate surface area is 118 Å². The first-order chi connectivity index (χ1) is 8.67. The molecule has 19 heavy (non-hydrogen) atoms. The van der Waals surface area contributed by atoms with Crippen LogP contribution in [0.1, 0.15) is 33.3 Å². The largest absolute Gasteiger partial charge is 0.519 e. The van der Waals surface area contributed by atoms with Crippen molar-refractivity contribution in [2.75, 3.05) is 0 Å². The van der Waals surface area contributed by atoms with Crippen molar-refractivity contribution in [1.29, 1.82) is 0 Å². The number of carbonyl (C=O) groups excluding carboxylic acids is 1. The van der Waals surface area contributed by atoms with Gasteiger partial charge >= 0.3 is 0 Å². The van der Waals surface area contributed by atoms with Gasteiger partial charge in [0, 0.05) is 0 Å². The molecule has 0 aliphatic rings. The van der Waals surface area contributed by atoms with Gasteiger partial charge in [-0.25, -0.2) is 0 Å². The molecule has 0 atom stereocenters. The summed E-state index contributed by atoms with van der Waals surface area (Å²) in [5.74, 6) is 0.398. The van der Waals surface area contributed by atoms with Crippen molar-refractivity contribution in [2.24, 2.45) is 5.92 Å². The molecular formula is C16H26O2Si. The van der Waals surface area contributed by atoms with Gasteiger partial charge in [-0.15, -0.1) is 0 Å². The summed E-state index contributed by atoms with van der Waals surface area (Å²) in [7, 11) is -2.06. The molecule has 0 fully saturated rings. The summed E-state index contributed by atoms with van der Waals surface area (Å²) in [6.45, 7) is 13.1. The molecule has 3 heteroatoms. The highest BCUT2D eigenvalue weighted by atomic mass is 28.4. The topological polar surface area (TPSA) is 26.3 Å². The second-order valence-electron chi connectivity index (χ2n) is 6.52. The van der Waals surface area contributed by atoms with Crippen LogP contribution in [0.2, 0.25) is 18.1 Å². The monoisotopic (exact) mass is 278 g/mol. The van der Waals surface area contributed by atoms with Crippen LogP contribution in [0.5, 0.6) is 0 Å². The first-order valence-electron chi connectivity index (χ1n) is 6.92. The van der Waals surface area contributed by atoms with E-state index in [1.807, 2.05) is 30.3 Å². The zero-order chi connectivity index (χ0) is 14.7. The lowest BCUT2D eigenvalue weighted by molar-refractivity contribution is -0.134. The van der Waals surface area contributed by atoms with E-state index in [0.717, 1.165) is 5.56 Å². The molecule has 0 aliphatic heterocycles. The fourth-order valence-corrected chi connectivity index (χ4v) is 4.20. The van der Waals surface area contributed by atoms with Gasteiger partial charge in [0.05, 0.1) is 6.42 Å². The van der Waals surface area contributed by atoms with Gasteiger partial charge in [-0.3, -0.25) is 4.79 Å². The molecule has 0 unspecified atom stereocenters. The minimum absolute atomic E-state index is 0.0688. The van der Waals surface area contributed by atoms with Crippen molar-refractivity contribution < 1.29 is 9.22 Å². The molecule has 0 radical (unpaired) electrons. The SMILES string of the molecule is CC(C)C(C)(C)[Si](C)(C)OC(=O)Cc1ccccc1. The molecule has 1 aromatic rings. The summed E-state index contributed by atoms with van der Waals surface area (Å²) in [5.41, 5.74) is 1.01. The highest BCUT2D eigenvalue weighted by molar-refractivity contribution is 6.75. The van der Waals surface area contributed by atoms with Crippen LogP contribution in [-0.2, 0) is 15.6 Å². The van der Waals surface area contributed by atoms with E-state index >= 15 is 0 Å². The molecule has 0 aliphatic carbocycles. The first kappa shape index (κ1) is 16.0.